The van der Waals surface area contributed by atoms with E-state index >= 15 is 0 Å². The molecule has 0 spiro atoms. The minimum Gasteiger partial charge on any atom is -0.372 e. The van der Waals surface area contributed by atoms with Gasteiger partial charge in [-0.3, -0.25) is 4.79 Å². The predicted octanol–water partition coefficient (Wildman–Crippen LogP) is 3.93. The molecule has 3 aromatic heterocycles. The number of hydrogen-bond acceptors (Lipinski definition) is 8. The summed E-state index contributed by atoms with van der Waals surface area (Å²) in [5.41, 5.74) is 5.61. The topological polar surface area (TPSA) is 111 Å². The summed E-state index contributed by atoms with van der Waals surface area (Å²) in [4.78, 5) is 23.7. The summed E-state index contributed by atoms with van der Waals surface area (Å²) in [5.74, 6) is 0.101. The molecule has 4 aromatic rings. The molecule has 1 aromatic carbocycles. The number of aryl methyl sites for hydroxylation is 1. The second-order valence-corrected chi connectivity index (χ2v) is 10.8. The molecule has 1 aliphatic heterocycles. The zero-order valence-corrected chi connectivity index (χ0v) is 22.1. The van der Waals surface area contributed by atoms with E-state index in [1.165, 1.54) is 0 Å². The van der Waals surface area contributed by atoms with Crippen molar-refractivity contribution in [2.45, 2.75) is 65.7 Å². The Morgan fingerprint density at radius 1 is 1.16 bits per heavy atom. The van der Waals surface area contributed by atoms with Crippen molar-refractivity contribution in [3.8, 4) is 11.3 Å². The van der Waals surface area contributed by atoms with Crippen LogP contribution in [0.1, 0.15) is 62.3 Å². The lowest BCUT2D eigenvalue weighted by molar-refractivity contribution is -0.00521. The maximum Gasteiger partial charge on any atom is 0.292 e. The Labute approximate surface area is 216 Å². The molecule has 0 aliphatic carbocycles. The van der Waals surface area contributed by atoms with Crippen molar-refractivity contribution in [1.29, 1.82) is 0 Å². The number of benzene rings is 1. The average Bonchev–Trinajstić information content (AvgIpc) is 3.50. The van der Waals surface area contributed by atoms with Gasteiger partial charge >= 0.3 is 0 Å². The number of anilines is 1. The number of amides is 1. The molecule has 0 bridgehead atoms. The lowest BCUT2D eigenvalue weighted by Crippen LogP contribution is -2.45. The van der Waals surface area contributed by atoms with E-state index in [-0.39, 0.29) is 29.4 Å². The number of rotatable bonds is 5. The van der Waals surface area contributed by atoms with Crippen LogP contribution in [0.5, 0.6) is 0 Å². The molecule has 1 fully saturated rings. The van der Waals surface area contributed by atoms with Gasteiger partial charge in [-0.15, -0.1) is 0 Å². The van der Waals surface area contributed by atoms with Gasteiger partial charge < -0.3 is 19.5 Å². The number of nitrogens with zero attached hydrogens (tertiary/aromatic N) is 6. The molecule has 1 saturated heterocycles. The predicted molar refractivity (Wildman–Crippen MR) is 140 cm³/mol. The monoisotopic (exact) mass is 503 g/mol. The van der Waals surface area contributed by atoms with Crippen LogP contribution in [-0.2, 0) is 16.7 Å². The Hall–Kier alpha value is -3.79. The van der Waals surface area contributed by atoms with E-state index in [4.69, 9.17) is 9.26 Å². The molecule has 1 N–H and O–H groups in total. The lowest BCUT2D eigenvalue weighted by atomic mass is 9.97. The third-order valence-corrected chi connectivity index (χ3v) is 6.50. The van der Waals surface area contributed by atoms with Gasteiger partial charge in [0.25, 0.3) is 11.7 Å². The molecule has 37 heavy (non-hydrogen) atoms. The Morgan fingerprint density at radius 3 is 2.59 bits per heavy atom. The maximum atomic E-state index is 12.6. The van der Waals surface area contributed by atoms with Crippen molar-refractivity contribution >= 4 is 17.1 Å². The molecule has 0 unspecified atom stereocenters. The van der Waals surface area contributed by atoms with E-state index in [0.29, 0.717) is 12.4 Å². The van der Waals surface area contributed by atoms with Gasteiger partial charge in [0.05, 0.1) is 35.3 Å². The smallest absolute Gasteiger partial charge is 0.292 e. The molecule has 5 rings (SSSR count). The van der Waals surface area contributed by atoms with E-state index in [0.717, 1.165) is 46.7 Å². The van der Waals surface area contributed by atoms with Gasteiger partial charge in [-0.1, -0.05) is 38.1 Å². The number of aromatic nitrogens is 5. The van der Waals surface area contributed by atoms with Crippen molar-refractivity contribution in [2.75, 3.05) is 18.0 Å². The molecule has 2 atom stereocenters. The first kappa shape index (κ1) is 24.9. The summed E-state index contributed by atoms with van der Waals surface area (Å²) in [6.07, 6.45) is 3.98. The molecular weight excluding hydrogens is 470 g/mol. The number of hydrogen-bond donors (Lipinski definition) is 1. The molecular formula is C27H33N7O3. The molecule has 1 amide bonds. The summed E-state index contributed by atoms with van der Waals surface area (Å²) in [5, 5.41) is 11.1. The number of carbonyl (C=O) groups is 1. The summed E-state index contributed by atoms with van der Waals surface area (Å²) in [6.45, 7) is 14.1. The standard InChI is InChI=1S/C27H33N7O3/c1-16-9-19(7-8-20(16)11-28-25(35)24-31-26(37-32-24)27(4,5)6)23-22-10-21(14-34(22)30-15-29-23)33-12-17(2)36-18(3)13-33/h7-10,14-15,17-18H,11-13H2,1-6H3,(H,28,35)/t17-,18+. The van der Waals surface area contributed by atoms with Crippen LogP contribution in [-0.4, -0.2) is 55.9 Å². The normalized spacial score (nSPS) is 18.4. The molecule has 194 valence electrons. The second-order valence-electron chi connectivity index (χ2n) is 10.8. The number of ether oxygens (including phenoxy) is 1. The Bertz CT molecular complexity index is 1430. The molecule has 10 nitrogen and oxygen atoms in total. The molecule has 4 heterocycles. The van der Waals surface area contributed by atoms with Gasteiger partial charge in [-0.2, -0.15) is 10.1 Å². The summed E-state index contributed by atoms with van der Waals surface area (Å²) in [6, 6.07) is 8.26. The third kappa shape index (κ3) is 5.20. The summed E-state index contributed by atoms with van der Waals surface area (Å²) in [7, 11) is 0. The van der Waals surface area contributed by atoms with Crippen LogP contribution in [0.4, 0.5) is 5.69 Å². The van der Waals surface area contributed by atoms with Gasteiger partial charge in [0, 0.05) is 30.6 Å². The molecule has 0 saturated carbocycles. The van der Waals surface area contributed by atoms with Crippen LogP contribution in [0.3, 0.4) is 0 Å². The summed E-state index contributed by atoms with van der Waals surface area (Å²) < 4.78 is 13.0. The van der Waals surface area contributed by atoms with E-state index in [9.17, 15) is 4.79 Å². The average molecular weight is 504 g/mol. The highest BCUT2D eigenvalue weighted by molar-refractivity contribution is 5.90. The molecule has 1 aliphatic rings. The Morgan fingerprint density at radius 2 is 1.92 bits per heavy atom. The molecule has 0 radical (unpaired) electrons. The third-order valence-electron chi connectivity index (χ3n) is 6.50. The van der Waals surface area contributed by atoms with E-state index in [1.807, 2.05) is 50.5 Å². The SMILES string of the molecule is Cc1cc(-c2ncnn3cc(N4C[C@@H](C)O[C@@H](C)C4)cc23)ccc1CNC(=O)c1noc(C(C)(C)C)n1. The fourth-order valence-electron chi connectivity index (χ4n) is 4.62. The molecule has 10 heteroatoms. The van der Waals surface area contributed by atoms with E-state index in [1.54, 1.807) is 6.33 Å². The van der Waals surface area contributed by atoms with Gasteiger partial charge in [-0.05, 0) is 44.0 Å². The van der Waals surface area contributed by atoms with Gasteiger partial charge in [0.2, 0.25) is 5.89 Å². The fourth-order valence-corrected chi connectivity index (χ4v) is 4.62. The van der Waals surface area contributed by atoms with Crippen molar-refractivity contribution in [2.24, 2.45) is 0 Å². The largest absolute Gasteiger partial charge is 0.372 e. The van der Waals surface area contributed by atoms with Crippen molar-refractivity contribution in [3.63, 3.8) is 0 Å². The second kappa shape index (κ2) is 9.59. The quantitative estimate of drug-likeness (QED) is 0.436. The maximum absolute atomic E-state index is 12.6. The first-order valence-electron chi connectivity index (χ1n) is 12.5. The number of morpholine rings is 1. The number of fused-ring (bicyclic) bond motifs is 1. The first-order valence-corrected chi connectivity index (χ1v) is 12.5. The Balaban J connectivity index is 1.33. The summed E-state index contributed by atoms with van der Waals surface area (Å²) >= 11 is 0. The zero-order chi connectivity index (χ0) is 26.3. The highest BCUT2D eigenvalue weighted by Crippen LogP contribution is 2.29. The van der Waals surface area contributed by atoms with Crippen molar-refractivity contribution in [3.05, 3.63) is 59.6 Å². The van der Waals surface area contributed by atoms with Crippen LogP contribution in [0, 0.1) is 6.92 Å². The van der Waals surface area contributed by atoms with Crippen molar-refractivity contribution < 1.29 is 14.1 Å². The Kier molecular flexibility index (Phi) is 6.45. The van der Waals surface area contributed by atoms with Crippen LogP contribution in [0.15, 0.2) is 41.3 Å². The first-order chi connectivity index (χ1) is 17.6. The number of nitrogens with one attached hydrogen (secondary N) is 1. The fraction of sp³-hybridized carbons (Fsp3) is 0.444. The van der Waals surface area contributed by atoms with E-state index < -0.39 is 0 Å². The van der Waals surface area contributed by atoms with Crippen molar-refractivity contribution in [1.82, 2.24) is 30.1 Å². The highest BCUT2D eigenvalue weighted by Gasteiger charge is 2.25. The van der Waals surface area contributed by atoms with Gasteiger partial charge in [0.15, 0.2) is 0 Å². The minimum absolute atomic E-state index is 0.0377. The van der Waals surface area contributed by atoms with Gasteiger partial charge in [0.1, 0.15) is 6.33 Å². The highest BCUT2D eigenvalue weighted by atomic mass is 16.5. The van der Waals surface area contributed by atoms with Crippen LogP contribution < -0.4 is 10.2 Å². The lowest BCUT2D eigenvalue weighted by Gasteiger charge is -2.36. The van der Waals surface area contributed by atoms with Crippen LogP contribution >= 0.6 is 0 Å². The van der Waals surface area contributed by atoms with Crippen LogP contribution in [0.25, 0.3) is 16.8 Å². The van der Waals surface area contributed by atoms with Crippen LogP contribution in [0.2, 0.25) is 0 Å². The van der Waals surface area contributed by atoms with Gasteiger partial charge in [-0.25, -0.2) is 9.50 Å². The number of carbonyl (C=O) groups excluding carboxylic acids is 1. The minimum atomic E-state index is -0.368. The van der Waals surface area contributed by atoms with E-state index in [2.05, 4.69) is 56.4 Å². The zero-order valence-electron chi connectivity index (χ0n) is 22.1.